The van der Waals surface area contributed by atoms with Gasteiger partial charge in [0, 0.05) is 11.1 Å². The minimum Gasteiger partial charge on any atom is -0.496 e. The first-order valence-electron chi connectivity index (χ1n) is 6.59. The van der Waals surface area contributed by atoms with E-state index in [1.807, 2.05) is 13.0 Å². The Kier molecular flexibility index (Phi) is 3.81. The molecule has 1 heterocycles. The molecule has 0 fully saturated rings. The molecule has 0 unspecified atom stereocenters. The molecule has 0 aliphatic rings. The number of aryl methyl sites for hydroxylation is 1. The highest BCUT2D eigenvalue weighted by atomic mass is 16.5. The van der Waals surface area contributed by atoms with Crippen molar-refractivity contribution in [2.24, 2.45) is 5.73 Å². The maximum absolute atomic E-state index is 5.51. The van der Waals surface area contributed by atoms with Crippen LogP contribution in [0.25, 0.3) is 11.4 Å². The summed E-state index contributed by atoms with van der Waals surface area (Å²) in [6, 6.07) is 4.08. The molecule has 1 aromatic heterocycles. The van der Waals surface area contributed by atoms with Crippen LogP contribution in [0.3, 0.4) is 0 Å². The van der Waals surface area contributed by atoms with Gasteiger partial charge in [-0.3, -0.25) is 0 Å². The molecule has 0 amide bonds. The largest absolute Gasteiger partial charge is 0.496 e. The van der Waals surface area contributed by atoms with Crippen LogP contribution in [0.5, 0.6) is 5.75 Å². The molecule has 0 saturated carbocycles. The first-order chi connectivity index (χ1) is 9.36. The van der Waals surface area contributed by atoms with E-state index in [4.69, 9.17) is 15.0 Å². The number of hydrogen-bond donors (Lipinski definition) is 1. The maximum Gasteiger partial charge on any atom is 0.240 e. The van der Waals surface area contributed by atoms with Gasteiger partial charge in [-0.15, -0.1) is 0 Å². The summed E-state index contributed by atoms with van der Waals surface area (Å²) in [5.74, 6) is 1.88. The van der Waals surface area contributed by atoms with Crippen molar-refractivity contribution in [3.05, 3.63) is 29.2 Å². The smallest absolute Gasteiger partial charge is 0.240 e. The Morgan fingerprint density at radius 1 is 1.30 bits per heavy atom. The van der Waals surface area contributed by atoms with E-state index in [2.05, 4.69) is 37.0 Å². The third kappa shape index (κ3) is 2.67. The molecule has 0 radical (unpaired) electrons. The molecule has 0 bridgehead atoms. The molecule has 0 saturated heterocycles. The van der Waals surface area contributed by atoms with Crippen LogP contribution < -0.4 is 10.5 Å². The Labute approximate surface area is 119 Å². The zero-order chi connectivity index (χ0) is 14.9. The Hall–Kier alpha value is -1.88. The normalized spacial score (nSPS) is 11.7. The third-order valence-corrected chi connectivity index (χ3v) is 3.24. The number of benzene rings is 1. The molecule has 5 nitrogen and oxygen atoms in total. The van der Waals surface area contributed by atoms with E-state index < -0.39 is 0 Å². The van der Waals surface area contributed by atoms with Gasteiger partial charge in [0.05, 0.1) is 13.7 Å². The zero-order valence-electron chi connectivity index (χ0n) is 12.7. The SMILES string of the molecule is COc1cc(C)c(-c2noc(CN)n2)cc1C(C)(C)C. The van der Waals surface area contributed by atoms with Gasteiger partial charge < -0.3 is 15.0 Å². The standard InChI is InChI=1S/C15H21N3O2/c1-9-6-12(19-5)11(15(2,3)4)7-10(9)14-17-13(8-16)20-18-14/h6-7H,8,16H2,1-5H3. The molecule has 20 heavy (non-hydrogen) atoms. The topological polar surface area (TPSA) is 74.2 Å². The highest BCUT2D eigenvalue weighted by molar-refractivity contribution is 5.64. The van der Waals surface area contributed by atoms with E-state index >= 15 is 0 Å². The third-order valence-electron chi connectivity index (χ3n) is 3.24. The Morgan fingerprint density at radius 3 is 2.50 bits per heavy atom. The minimum absolute atomic E-state index is 0.0335. The maximum atomic E-state index is 5.51. The second-order valence-electron chi connectivity index (χ2n) is 5.83. The molecule has 2 aromatic rings. The predicted octanol–water partition coefficient (Wildman–Crippen LogP) is 2.81. The predicted molar refractivity (Wildman–Crippen MR) is 77.6 cm³/mol. The van der Waals surface area contributed by atoms with Gasteiger partial charge in [-0.25, -0.2) is 0 Å². The van der Waals surface area contributed by atoms with Crippen LogP contribution in [0.4, 0.5) is 0 Å². The molecule has 108 valence electrons. The summed E-state index contributed by atoms with van der Waals surface area (Å²) in [4.78, 5) is 4.29. The number of hydrogen-bond acceptors (Lipinski definition) is 5. The van der Waals surface area contributed by atoms with Crippen molar-refractivity contribution >= 4 is 0 Å². The van der Waals surface area contributed by atoms with Crippen LogP contribution in [-0.4, -0.2) is 17.3 Å². The molecule has 1 aromatic carbocycles. The second kappa shape index (κ2) is 5.25. The van der Waals surface area contributed by atoms with E-state index in [0.717, 1.165) is 22.4 Å². The molecular weight excluding hydrogens is 254 g/mol. The quantitative estimate of drug-likeness (QED) is 0.932. The highest BCUT2D eigenvalue weighted by Crippen LogP contribution is 2.36. The minimum atomic E-state index is -0.0335. The Morgan fingerprint density at radius 2 is 2.00 bits per heavy atom. The molecule has 2 rings (SSSR count). The number of methoxy groups -OCH3 is 1. The van der Waals surface area contributed by atoms with Crippen LogP contribution in [0.15, 0.2) is 16.7 Å². The van der Waals surface area contributed by atoms with Crippen LogP contribution in [-0.2, 0) is 12.0 Å². The van der Waals surface area contributed by atoms with Gasteiger partial charge in [-0.2, -0.15) is 4.98 Å². The van der Waals surface area contributed by atoms with Crippen molar-refractivity contribution in [3.63, 3.8) is 0 Å². The van der Waals surface area contributed by atoms with Gasteiger partial charge in [-0.05, 0) is 30.0 Å². The van der Waals surface area contributed by atoms with Gasteiger partial charge in [0.25, 0.3) is 0 Å². The van der Waals surface area contributed by atoms with Crippen molar-refractivity contribution in [2.75, 3.05) is 7.11 Å². The number of nitrogens with zero attached hydrogens (tertiary/aromatic N) is 2. The summed E-state index contributed by atoms with van der Waals surface area (Å²) in [6.07, 6.45) is 0. The Balaban J connectivity index is 2.59. The van der Waals surface area contributed by atoms with Crippen molar-refractivity contribution in [1.29, 1.82) is 0 Å². The molecule has 5 heteroatoms. The summed E-state index contributed by atoms with van der Waals surface area (Å²) in [6.45, 7) is 8.68. The monoisotopic (exact) mass is 275 g/mol. The fourth-order valence-electron chi connectivity index (χ4n) is 2.12. The van der Waals surface area contributed by atoms with Gasteiger partial charge >= 0.3 is 0 Å². The van der Waals surface area contributed by atoms with E-state index in [0.29, 0.717) is 11.7 Å². The molecule has 0 atom stereocenters. The summed E-state index contributed by atoms with van der Waals surface area (Å²) in [5, 5.41) is 3.99. The second-order valence-corrected chi connectivity index (χ2v) is 5.83. The molecular formula is C15H21N3O2. The van der Waals surface area contributed by atoms with Crippen LogP contribution in [0, 0.1) is 6.92 Å². The van der Waals surface area contributed by atoms with Crippen molar-refractivity contribution in [3.8, 4) is 17.1 Å². The Bertz CT molecular complexity index is 612. The fourth-order valence-corrected chi connectivity index (χ4v) is 2.12. The van der Waals surface area contributed by atoms with Crippen LogP contribution >= 0.6 is 0 Å². The van der Waals surface area contributed by atoms with Gasteiger partial charge in [-0.1, -0.05) is 25.9 Å². The van der Waals surface area contributed by atoms with Crippen LogP contribution in [0.2, 0.25) is 0 Å². The lowest BCUT2D eigenvalue weighted by Crippen LogP contribution is -2.13. The van der Waals surface area contributed by atoms with Gasteiger partial charge in [0.1, 0.15) is 5.75 Å². The molecule has 2 N–H and O–H groups in total. The van der Waals surface area contributed by atoms with E-state index in [-0.39, 0.29) is 12.0 Å². The first kappa shape index (κ1) is 14.5. The first-order valence-corrected chi connectivity index (χ1v) is 6.59. The van der Waals surface area contributed by atoms with Gasteiger partial charge in [0.15, 0.2) is 0 Å². The average molecular weight is 275 g/mol. The van der Waals surface area contributed by atoms with E-state index in [1.54, 1.807) is 7.11 Å². The summed E-state index contributed by atoms with van der Waals surface area (Å²) < 4.78 is 10.6. The van der Waals surface area contributed by atoms with E-state index in [9.17, 15) is 0 Å². The highest BCUT2D eigenvalue weighted by Gasteiger charge is 2.22. The number of rotatable bonds is 3. The number of nitrogens with two attached hydrogens (primary N) is 1. The van der Waals surface area contributed by atoms with Crippen molar-refractivity contribution in [1.82, 2.24) is 10.1 Å². The average Bonchev–Trinajstić information content (AvgIpc) is 2.85. The van der Waals surface area contributed by atoms with Crippen molar-refractivity contribution in [2.45, 2.75) is 39.7 Å². The summed E-state index contributed by atoms with van der Waals surface area (Å²) >= 11 is 0. The lowest BCUT2D eigenvalue weighted by molar-refractivity contribution is 0.380. The molecule has 0 aliphatic heterocycles. The molecule has 0 spiro atoms. The molecule has 0 aliphatic carbocycles. The van der Waals surface area contributed by atoms with Crippen LogP contribution in [0.1, 0.15) is 37.8 Å². The van der Waals surface area contributed by atoms with Gasteiger partial charge in [0.2, 0.25) is 11.7 Å². The number of ether oxygens (including phenoxy) is 1. The summed E-state index contributed by atoms with van der Waals surface area (Å²) in [5.41, 5.74) is 8.57. The fraction of sp³-hybridized carbons (Fsp3) is 0.467. The number of aromatic nitrogens is 2. The van der Waals surface area contributed by atoms with E-state index in [1.165, 1.54) is 0 Å². The zero-order valence-corrected chi connectivity index (χ0v) is 12.7. The summed E-state index contributed by atoms with van der Waals surface area (Å²) in [7, 11) is 1.69. The van der Waals surface area contributed by atoms with Crippen molar-refractivity contribution < 1.29 is 9.26 Å². The lowest BCUT2D eigenvalue weighted by Gasteiger charge is -2.23. The lowest BCUT2D eigenvalue weighted by atomic mass is 9.84.